The number of aromatic nitrogens is 6. The Kier molecular flexibility index (Phi) is 3.95. The minimum atomic E-state index is -0.224. The summed E-state index contributed by atoms with van der Waals surface area (Å²) in [5.74, 6) is 0.451. The topological polar surface area (TPSA) is 78.0 Å². The van der Waals surface area contributed by atoms with Crippen LogP contribution in [0.25, 0.3) is 17.0 Å². The van der Waals surface area contributed by atoms with Crippen molar-refractivity contribution in [1.29, 1.82) is 0 Å². The molecule has 0 saturated heterocycles. The Morgan fingerprint density at radius 2 is 1.92 bits per heavy atom. The molecule has 124 valence electrons. The van der Waals surface area contributed by atoms with E-state index in [0.29, 0.717) is 27.2 Å². The van der Waals surface area contributed by atoms with Gasteiger partial charge in [0.2, 0.25) is 5.82 Å². The van der Waals surface area contributed by atoms with E-state index >= 15 is 0 Å². The van der Waals surface area contributed by atoms with Crippen LogP contribution < -0.4 is 5.56 Å². The van der Waals surface area contributed by atoms with Gasteiger partial charge in [0.05, 0.1) is 10.7 Å². The Labute approximate surface area is 151 Å². The summed E-state index contributed by atoms with van der Waals surface area (Å²) in [7, 11) is 0. The first-order valence-electron chi connectivity index (χ1n) is 7.30. The van der Waals surface area contributed by atoms with Crippen molar-refractivity contribution in [3.63, 3.8) is 0 Å². The van der Waals surface area contributed by atoms with Gasteiger partial charge in [-0.15, -0.1) is 10.2 Å². The zero-order chi connectivity index (χ0) is 17.4. The first-order valence-corrected chi connectivity index (χ1v) is 8.06. The first-order chi connectivity index (χ1) is 12.1. The van der Waals surface area contributed by atoms with Crippen LogP contribution in [0, 0.1) is 0 Å². The molecular weight excluding hydrogens is 363 g/mol. The molecule has 25 heavy (non-hydrogen) atoms. The highest BCUT2D eigenvalue weighted by molar-refractivity contribution is 6.31. The number of fused-ring (bicyclic) bond motifs is 1. The molecule has 1 aromatic carbocycles. The normalized spacial score (nSPS) is 11.1. The fraction of sp³-hybridized carbons (Fsp3) is 0.0625. The lowest BCUT2D eigenvalue weighted by atomic mass is 10.2. The summed E-state index contributed by atoms with van der Waals surface area (Å²) < 4.78 is 1.39. The minimum Gasteiger partial charge on any atom is -0.269 e. The molecule has 0 aliphatic rings. The lowest BCUT2D eigenvalue weighted by molar-refractivity contribution is 0.564. The summed E-state index contributed by atoms with van der Waals surface area (Å²) in [6, 6.07) is 12.0. The van der Waals surface area contributed by atoms with Crippen LogP contribution in [-0.4, -0.2) is 29.6 Å². The van der Waals surface area contributed by atoms with Gasteiger partial charge in [-0.2, -0.15) is 4.80 Å². The molecule has 9 heteroatoms. The average molecular weight is 373 g/mol. The highest BCUT2D eigenvalue weighted by Crippen LogP contribution is 2.18. The molecule has 7 nitrogen and oxygen atoms in total. The number of pyridine rings is 1. The van der Waals surface area contributed by atoms with E-state index in [1.165, 1.54) is 21.5 Å². The van der Waals surface area contributed by atoms with Gasteiger partial charge < -0.3 is 0 Å². The molecule has 0 radical (unpaired) electrons. The quantitative estimate of drug-likeness (QED) is 0.552. The van der Waals surface area contributed by atoms with Crippen LogP contribution in [-0.2, 0) is 6.54 Å². The van der Waals surface area contributed by atoms with Crippen molar-refractivity contribution in [1.82, 2.24) is 29.6 Å². The Bertz CT molecular complexity index is 1140. The van der Waals surface area contributed by atoms with Crippen LogP contribution in [0.4, 0.5) is 0 Å². The molecule has 0 unspecified atom stereocenters. The van der Waals surface area contributed by atoms with Crippen molar-refractivity contribution in [2.75, 3.05) is 0 Å². The maximum absolute atomic E-state index is 12.2. The van der Waals surface area contributed by atoms with E-state index in [-0.39, 0.29) is 12.1 Å². The maximum Gasteiger partial charge on any atom is 0.258 e. The van der Waals surface area contributed by atoms with Crippen LogP contribution in [0.3, 0.4) is 0 Å². The molecule has 0 saturated carbocycles. The van der Waals surface area contributed by atoms with Gasteiger partial charge in [-0.05, 0) is 29.5 Å². The molecule has 0 N–H and O–H groups in total. The standard InChI is InChI=1S/C16H10Cl2N6O/c17-11-3-1-2-10(6-11)16-20-22-24(21-16)9-13-7-15(25)23-8-12(18)4-5-14(23)19-13/h1-8H,9H2. The highest BCUT2D eigenvalue weighted by atomic mass is 35.5. The van der Waals surface area contributed by atoms with E-state index in [1.54, 1.807) is 24.3 Å². The minimum absolute atomic E-state index is 0.224. The van der Waals surface area contributed by atoms with Crippen LogP contribution >= 0.6 is 23.2 Å². The van der Waals surface area contributed by atoms with E-state index < -0.39 is 0 Å². The number of benzene rings is 1. The Morgan fingerprint density at radius 1 is 1.04 bits per heavy atom. The summed E-state index contributed by atoms with van der Waals surface area (Å²) in [5.41, 5.74) is 1.57. The van der Waals surface area contributed by atoms with Gasteiger partial charge in [0, 0.05) is 22.8 Å². The van der Waals surface area contributed by atoms with Crippen LogP contribution in [0.15, 0.2) is 53.5 Å². The van der Waals surface area contributed by atoms with Crippen molar-refractivity contribution in [2.45, 2.75) is 6.54 Å². The van der Waals surface area contributed by atoms with Gasteiger partial charge in [-0.1, -0.05) is 35.3 Å². The summed E-state index contributed by atoms with van der Waals surface area (Å²) >= 11 is 11.9. The Hall–Kier alpha value is -2.77. The number of halogens is 2. The maximum atomic E-state index is 12.2. The Balaban J connectivity index is 1.66. The number of hydrogen-bond acceptors (Lipinski definition) is 5. The molecule has 0 aliphatic heterocycles. The van der Waals surface area contributed by atoms with Crippen molar-refractivity contribution in [2.24, 2.45) is 0 Å². The molecule has 0 aliphatic carbocycles. The third kappa shape index (κ3) is 3.24. The van der Waals surface area contributed by atoms with E-state index in [0.717, 1.165) is 5.56 Å². The third-order valence-electron chi connectivity index (χ3n) is 3.52. The molecule has 0 amide bonds. The second-order valence-corrected chi connectivity index (χ2v) is 6.19. The van der Waals surface area contributed by atoms with Crippen molar-refractivity contribution < 1.29 is 0 Å². The zero-order valence-corrected chi connectivity index (χ0v) is 14.2. The molecule has 4 aromatic rings. The predicted octanol–water partition coefficient (Wildman–Crippen LogP) is 2.70. The fourth-order valence-corrected chi connectivity index (χ4v) is 2.76. The first kappa shape index (κ1) is 15.7. The molecule has 0 fully saturated rings. The number of rotatable bonds is 3. The van der Waals surface area contributed by atoms with Crippen molar-refractivity contribution in [3.05, 3.63) is 74.8 Å². The molecule has 0 atom stereocenters. The molecule has 3 aromatic heterocycles. The fourth-order valence-electron chi connectivity index (χ4n) is 2.41. The van der Waals surface area contributed by atoms with Gasteiger partial charge in [0.15, 0.2) is 0 Å². The second-order valence-electron chi connectivity index (χ2n) is 5.32. The van der Waals surface area contributed by atoms with Crippen molar-refractivity contribution in [3.8, 4) is 11.4 Å². The lowest BCUT2D eigenvalue weighted by Gasteiger charge is -2.03. The summed E-state index contributed by atoms with van der Waals surface area (Å²) in [4.78, 5) is 18.0. The van der Waals surface area contributed by atoms with Gasteiger partial charge in [0.25, 0.3) is 5.56 Å². The molecule has 4 rings (SSSR count). The van der Waals surface area contributed by atoms with E-state index in [1.807, 2.05) is 12.1 Å². The number of hydrogen-bond donors (Lipinski definition) is 0. The summed E-state index contributed by atoms with van der Waals surface area (Å²) in [6.45, 7) is 0.224. The summed E-state index contributed by atoms with van der Waals surface area (Å²) in [6.07, 6.45) is 1.53. The average Bonchev–Trinajstić information content (AvgIpc) is 3.04. The van der Waals surface area contributed by atoms with Crippen LogP contribution in [0.1, 0.15) is 5.69 Å². The van der Waals surface area contributed by atoms with Gasteiger partial charge in [0.1, 0.15) is 12.2 Å². The van der Waals surface area contributed by atoms with Crippen molar-refractivity contribution >= 4 is 28.8 Å². The number of tetrazole rings is 1. The van der Waals surface area contributed by atoms with Gasteiger partial charge >= 0.3 is 0 Å². The molecule has 3 heterocycles. The monoisotopic (exact) mass is 372 g/mol. The zero-order valence-electron chi connectivity index (χ0n) is 12.7. The second kappa shape index (κ2) is 6.27. The third-order valence-corrected chi connectivity index (χ3v) is 3.97. The van der Waals surface area contributed by atoms with Crippen LogP contribution in [0.5, 0.6) is 0 Å². The van der Waals surface area contributed by atoms with Crippen LogP contribution in [0.2, 0.25) is 10.0 Å². The highest BCUT2D eigenvalue weighted by Gasteiger charge is 2.09. The molecular formula is C16H10Cl2N6O. The predicted molar refractivity (Wildman–Crippen MR) is 93.8 cm³/mol. The van der Waals surface area contributed by atoms with Gasteiger partial charge in [-0.25, -0.2) is 4.98 Å². The van der Waals surface area contributed by atoms with E-state index in [2.05, 4.69) is 20.4 Å². The molecule has 0 spiro atoms. The van der Waals surface area contributed by atoms with E-state index in [9.17, 15) is 4.79 Å². The SMILES string of the molecule is O=c1cc(Cn2nnc(-c3cccc(Cl)c3)n2)nc2ccc(Cl)cn12. The smallest absolute Gasteiger partial charge is 0.258 e. The largest absolute Gasteiger partial charge is 0.269 e. The summed E-state index contributed by atoms with van der Waals surface area (Å²) in [5, 5.41) is 13.4. The Morgan fingerprint density at radius 3 is 2.76 bits per heavy atom. The molecule has 0 bridgehead atoms. The lowest BCUT2D eigenvalue weighted by Crippen LogP contribution is -2.17. The van der Waals surface area contributed by atoms with Gasteiger partial charge in [-0.3, -0.25) is 9.20 Å². The van der Waals surface area contributed by atoms with E-state index in [4.69, 9.17) is 23.2 Å². The number of nitrogens with zero attached hydrogens (tertiary/aromatic N) is 6.